The first-order valence-electron chi connectivity index (χ1n) is 14.3. The van der Waals surface area contributed by atoms with Crippen molar-refractivity contribution in [3.05, 3.63) is 65.2 Å². The fraction of sp³-hybridized carbons (Fsp3) is 0.562. The van der Waals surface area contributed by atoms with Crippen molar-refractivity contribution in [2.24, 2.45) is 5.92 Å². The van der Waals surface area contributed by atoms with Gasteiger partial charge in [-0.25, -0.2) is 18.4 Å². The number of amides is 1. The smallest absolute Gasteiger partial charge is 0.411 e. The van der Waals surface area contributed by atoms with Crippen LogP contribution in [0.1, 0.15) is 64.0 Å². The predicted octanol–water partition coefficient (Wildman–Crippen LogP) is 6.08. The number of hydrogen-bond acceptors (Lipinski definition) is 6. The molecule has 0 bridgehead atoms. The molecule has 0 radical (unpaired) electrons. The Hall–Kier alpha value is -3.20. The van der Waals surface area contributed by atoms with Gasteiger partial charge in [-0.1, -0.05) is 30.3 Å². The highest BCUT2D eigenvalue weighted by Crippen LogP contribution is 2.44. The van der Waals surface area contributed by atoms with Crippen LogP contribution in [0.5, 0.6) is 5.75 Å². The number of carbonyl (C=O) groups is 2. The van der Waals surface area contributed by atoms with Crippen LogP contribution < -0.4 is 4.74 Å². The molecule has 41 heavy (non-hydrogen) atoms. The van der Waals surface area contributed by atoms with Crippen molar-refractivity contribution >= 4 is 12.1 Å². The van der Waals surface area contributed by atoms with E-state index in [4.69, 9.17) is 14.2 Å². The van der Waals surface area contributed by atoms with Gasteiger partial charge in [0.1, 0.15) is 23.6 Å². The topological polar surface area (TPSA) is 68.3 Å². The largest absolute Gasteiger partial charge is 0.485 e. The molecule has 2 fully saturated rings. The monoisotopic (exact) mass is 572 g/mol. The Bertz CT molecular complexity index is 1220. The Morgan fingerprint density at radius 2 is 1.71 bits per heavy atom. The fourth-order valence-electron chi connectivity index (χ4n) is 6.19. The van der Waals surface area contributed by atoms with Crippen LogP contribution in [0.15, 0.2) is 42.5 Å². The molecule has 1 amide bonds. The van der Waals surface area contributed by atoms with E-state index in [9.17, 15) is 14.0 Å². The van der Waals surface area contributed by atoms with Crippen molar-refractivity contribution in [2.45, 2.75) is 82.6 Å². The van der Waals surface area contributed by atoms with Crippen molar-refractivity contribution in [3.63, 3.8) is 0 Å². The minimum Gasteiger partial charge on any atom is -0.485 e. The molecule has 2 aromatic rings. The molecule has 7 nitrogen and oxygen atoms in total. The summed E-state index contributed by atoms with van der Waals surface area (Å²) in [4.78, 5) is 28.7. The maximum atomic E-state index is 15.7. The number of rotatable bonds is 7. The zero-order valence-electron chi connectivity index (χ0n) is 24.9. The summed E-state index contributed by atoms with van der Waals surface area (Å²) in [6, 6.07) is 12.0. The van der Waals surface area contributed by atoms with Gasteiger partial charge in [-0.3, -0.25) is 9.80 Å². The van der Waals surface area contributed by atoms with Crippen molar-refractivity contribution < 1.29 is 32.6 Å². The van der Waals surface area contributed by atoms with E-state index in [2.05, 4.69) is 31.1 Å². The van der Waals surface area contributed by atoms with Crippen molar-refractivity contribution in [2.75, 3.05) is 27.7 Å². The number of esters is 1. The molecule has 2 aromatic carbocycles. The van der Waals surface area contributed by atoms with Crippen LogP contribution >= 0.6 is 0 Å². The Morgan fingerprint density at radius 3 is 2.29 bits per heavy atom. The predicted molar refractivity (Wildman–Crippen MR) is 152 cm³/mol. The van der Waals surface area contributed by atoms with E-state index in [1.165, 1.54) is 29.7 Å². The molecular weight excluding hydrogens is 530 g/mol. The summed E-state index contributed by atoms with van der Waals surface area (Å²) in [6.45, 7) is 5.19. The van der Waals surface area contributed by atoms with Crippen LogP contribution in [-0.2, 0) is 26.2 Å². The fourth-order valence-corrected chi connectivity index (χ4v) is 6.19. The van der Waals surface area contributed by atoms with Crippen LogP contribution in [0.25, 0.3) is 0 Å². The van der Waals surface area contributed by atoms with E-state index in [1.54, 1.807) is 20.8 Å². The third-order valence-corrected chi connectivity index (χ3v) is 8.40. The molecule has 0 aromatic heterocycles. The van der Waals surface area contributed by atoms with E-state index in [0.717, 1.165) is 25.7 Å². The van der Waals surface area contributed by atoms with Gasteiger partial charge in [-0.2, -0.15) is 0 Å². The van der Waals surface area contributed by atoms with Crippen LogP contribution in [0, 0.1) is 17.6 Å². The molecular formula is C32H42F2N2O5. The highest BCUT2D eigenvalue weighted by molar-refractivity contribution is 5.82. The van der Waals surface area contributed by atoms with Gasteiger partial charge in [-0.15, -0.1) is 0 Å². The average Bonchev–Trinajstić information content (AvgIpc) is 3.36. The van der Waals surface area contributed by atoms with Crippen LogP contribution in [0.4, 0.5) is 13.6 Å². The Morgan fingerprint density at radius 1 is 1.05 bits per heavy atom. The van der Waals surface area contributed by atoms with Crippen LogP contribution in [-0.4, -0.2) is 67.4 Å². The second-order valence-electron chi connectivity index (χ2n) is 12.4. The zero-order chi connectivity index (χ0) is 29.9. The molecule has 1 aliphatic carbocycles. The number of benzene rings is 2. The standard InChI is InChI=1S/C32H42F2N2O5/c1-31(2,3)41-30(38)36-20-23(19-26(36)29(37)39-6)40-27-13-12-25(33)24(28(27)34)18-21-14-16-32(17-15-21,35(4)5)22-10-8-7-9-11-22/h7-13,21,23,26H,14-20H2,1-6H3/t21-,23-,26-,32-/m0/s1. The molecule has 9 heteroatoms. The summed E-state index contributed by atoms with van der Waals surface area (Å²) in [5, 5.41) is 0. The summed E-state index contributed by atoms with van der Waals surface area (Å²) >= 11 is 0. The number of hydrogen-bond donors (Lipinski definition) is 0. The van der Waals surface area contributed by atoms with Crippen LogP contribution in [0.3, 0.4) is 0 Å². The molecule has 1 aliphatic heterocycles. The maximum Gasteiger partial charge on any atom is 0.411 e. The second kappa shape index (κ2) is 12.3. The van der Waals surface area contributed by atoms with Crippen molar-refractivity contribution in [3.8, 4) is 5.75 Å². The first-order valence-corrected chi connectivity index (χ1v) is 14.3. The van der Waals surface area contributed by atoms with Gasteiger partial charge in [0, 0.05) is 17.5 Å². The Labute approximate surface area is 241 Å². The quantitative estimate of drug-likeness (QED) is 0.375. The number of ether oxygens (including phenoxy) is 3. The minimum atomic E-state index is -0.924. The highest BCUT2D eigenvalue weighted by atomic mass is 19.1. The number of carbonyl (C=O) groups excluding carboxylic acids is 2. The zero-order valence-corrected chi connectivity index (χ0v) is 24.9. The Balaban J connectivity index is 1.46. The van der Waals surface area contributed by atoms with Gasteiger partial charge in [0.25, 0.3) is 0 Å². The minimum absolute atomic E-state index is 0.00948. The van der Waals surface area contributed by atoms with E-state index in [0.29, 0.717) is 0 Å². The second-order valence-corrected chi connectivity index (χ2v) is 12.4. The molecule has 4 rings (SSSR count). The van der Waals surface area contributed by atoms with Gasteiger partial charge in [0.2, 0.25) is 0 Å². The van der Waals surface area contributed by atoms with Crippen molar-refractivity contribution in [1.82, 2.24) is 9.80 Å². The van der Waals surface area contributed by atoms with Gasteiger partial charge < -0.3 is 14.2 Å². The number of methoxy groups -OCH3 is 1. The lowest BCUT2D eigenvalue weighted by Gasteiger charge is -2.45. The normalized spacial score (nSPS) is 24.8. The molecule has 224 valence electrons. The Kier molecular flexibility index (Phi) is 9.26. The van der Waals surface area contributed by atoms with E-state index < -0.39 is 41.4 Å². The molecule has 1 saturated carbocycles. The molecule has 0 unspecified atom stereocenters. The SMILES string of the molecule is COC(=O)[C@@H]1C[C@H](Oc2ccc(F)c(C[C@H]3CC[C@](c4ccccc4)(N(C)C)CC3)c2F)CN1C(=O)OC(C)(C)C. The van der Waals surface area contributed by atoms with Crippen molar-refractivity contribution in [1.29, 1.82) is 0 Å². The van der Waals surface area contributed by atoms with E-state index >= 15 is 4.39 Å². The van der Waals surface area contributed by atoms with Gasteiger partial charge >= 0.3 is 12.1 Å². The summed E-state index contributed by atoms with van der Waals surface area (Å²) in [5.41, 5.74) is 0.411. The highest BCUT2D eigenvalue weighted by Gasteiger charge is 2.44. The molecule has 1 saturated heterocycles. The van der Waals surface area contributed by atoms with E-state index in [1.807, 2.05) is 18.2 Å². The first kappa shape index (κ1) is 30.8. The summed E-state index contributed by atoms with van der Waals surface area (Å²) in [7, 11) is 5.42. The molecule has 1 heterocycles. The summed E-state index contributed by atoms with van der Waals surface area (Å²) in [5.74, 6) is -1.91. The van der Waals surface area contributed by atoms with Gasteiger partial charge in [-0.05, 0) is 90.6 Å². The average molecular weight is 573 g/mol. The summed E-state index contributed by atoms with van der Waals surface area (Å²) < 4.78 is 46.9. The first-order chi connectivity index (χ1) is 19.3. The van der Waals surface area contributed by atoms with Gasteiger partial charge in [0.15, 0.2) is 11.6 Å². The van der Waals surface area contributed by atoms with Gasteiger partial charge in [0.05, 0.1) is 13.7 Å². The lowest BCUT2D eigenvalue weighted by atomic mass is 9.70. The van der Waals surface area contributed by atoms with Crippen LogP contribution in [0.2, 0.25) is 0 Å². The molecule has 0 N–H and O–H groups in total. The van der Waals surface area contributed by atoms with E-state index in [-0.39, 0.29) is 42.2 Å². The number of halogens is 2. The maximum absolute atomic E-state index is 15.7. The third-order valence-electron chi connectivity index (χ3n) is 8.40. The molecule has 2 aliphatic rings. The number of nitrogens with zero attached hydrogens (tertiary/aromatic N) is 2. The lowest BCUT2D eigenvalue weighted by molar-refractivity contribution is -0.145. The third kappa shape index (κ3) is 6.83. The molecule has 0 spiro atoms. The lowest BCUT2D eigenvalue weighted by Crippen LogP contribution is -2.44. The number of likely N-dealkylation sites (tertiary alicyclic amines) is 1. The summed E-state index contributed by atoms with van der Waals surface area (Å²) in [6.07, 6.45) is 2.47. The molecule has 2 atom stereocenters.